The van der Waals surface area contributed by atoms with Crippen molar-refractivity contribution in [2.24, 2.45) is 0 Å². The zero-order valence-electron chi connectivity index (χ0n) is 11.0. The van der Waals surface area contributed by atoms with Gasteiger partial charge >= 0.3 is 5.97 Å². The summed E-state index contributed by atoms with van der Waals surface area (Å²) in [6.45, 7) is 0. The van der Waals surface area contributed by atoms with Crippen LogP contribution in [0.3, 0.4) is 0 Å². The Balaban J connectivity index is 2.32. The lowest BCUT2D eigenvalue weighted by Crippen LogP contribution is -2.28. The summed E-state index contributed by atoms with van der Waals surface area (Å²) in [6.07, 6.45) is 1.18. The molecule has 0 unspecified atom stereocenters. The number of hydrogen-bond donors (Lipinski definition) is 2. The second-order valence-electron chi connectivity index (χ2n) is 4.00. The van der Waals surface area contributed by atoms with Crippen LogP contribution in [0, 0.1) is 0 Å². The van der Waals surface area contributed by atoms with Crippen molar-refractivity contribution >= 4 is 17.6 Å². The van der Waals surface area contributed by atoms with E-state index in [0.717, 1.165) is 0 Å². The normalized spacial score (nSPS) is 10.1. The fourth-order valence-electron chi connectivity index (χ4n) is 1.71. The van der Waals surface area contributed by atoms with Gasteiger partial charge < -0.3 is 19.7 Å². The van der Waals surface area contributed by atoms with E-state index in [9.17, 15) is 9.59 Å². The maximum atomic E-state index is 12.3. The third kappa shape index (κ3) is 2.46. The Labute approximate surface area is 114 Å². The van der Waals surface area contributed by atoms with E-state index < -0.39 is 11.9 Å². The number of H-pyrrole nitrogens is 1. The van der Waals surface area contributed by atoms with Gasteiger partial charge in [0.1, 0.15) is 5.75 Å². The highest BCUT2D eigenvalue weighted by Gasteiger charge is 2.23. The number of aromatic nitrogens is 2. The molecular weight excluding hydrogens is 262 g/mol. The number of imidazole rings is 1. The molecule has 0 spiro atoms. The molecule has 104 valence electrons. The zero-order chi connectivity index (χ0) is 14.7. The predicted molar refractivity (Wildman–Crippen MR) is 71.3 cm³/mol. The molecule has 2 N–H and O–H groups in total. The Morgan fingerprint density at radius 1 is 1.40 bits per heavy atom. The summed E-state index contributed by atoms with van der Waals surface area (Å²) in [5.74, 6) is -1.15. The highest BCUT2D eigenvalue weighted by Crippen LogP contribution is 2.21. The van der Waals surface area contributed by atoms with Crippen LogP contribution in [0.4, 0.5) is 5.69 Å². The summed E-state index contributed by atoms with van der Waals surface area (Å²) in [7, 11) is 3.06. The molecule has 2 rings (SSSR count). The van der Waals surface area contributed by atoms with Gasteiger partial charge in [-0.25, -0.2) is 9.78 Å². The number of amides is 1. The van der Waals surface area contributed by atoms with Crippen LogP contribution in [0.1, 0.15) is 21.0 Å². The summed E-state index contributed by atoms with van der Waals surface area (Å²) in [5, 5.41) is 8.98. The lowest BCUT2D eigenvalue weighted by atomic mass is 10.2. The first-order valence-corrected chi connectivity index (χ1v) is 5.73. The Hall–Kier alpha value is -2.83. The standard InChI is InChI=1S/C13H13N3O4/c1-16(8-4-3-5-9(6-8)20-2)12(17)10-11(13(18)19)15-7-14-10/h3-7H,1-2H3,(H,14,15)(H,18,19). The van der Waals surface area contributed by atoms with Crippen LogP contribution >= 0.6 is 0 Å². The van der Waals surface area contributed by atoms with Crippen molar-refractivity contribution in [1.82, 2.24) is 9.97 Å². The molecule has 0 aliphatic heterocycles. The SMILES string of the molecule is COc1cccc(N(C)C(=O)c2nc[nH]c2C(=O)O)c1. The van der Waals surface area contributed by atoms with Crippen molar-refractivity contribution in [3.8, 4) is 5.75 Å². The first-order valence-electron chi connectivity index (χ1n) is 5.73. The average molecular weight is 275 g/mol. The predicted octanol–water partition coefficient (Wildman–Crippen LogP) is 1.39. The molecule has 2 aromatic rings. The molecule has 0 saturated heterocycles. The molecule has 20 heavy (non-hydrogen) atoms. The van der Waals surface area contributed by atoms with Gasteiger partial charge in [-0.15, -0.1) is 0 Å². The summed E-state index contributed by atoms with van der Waals surface area (Å²) < 4.78 is 5.08. The number of methoxy groups -OCH3 is 1. The van der Waals surface area contributed by atoms with Crippen molar-refractivity contribution in [3.63, 3.8) is 0 Å². The Morgan fingerprint density at radius 3 is 2.80 bits per heavy atom. The average Bonchev–Trinajstić information content (AvgIpc) is 2.95. The molecule has 1 amide bonds. The maximum Gasteiger partial charge on any atom is 0.354 e. The van der Waals surface area contributed by atoms with Crippen LogP contribution in [-0.2, 0) is 0 Å². The number of carboxylic acids is 1. The van der Waals surface area contributed by atoms with Gasteiger partial charge in [0.05, 0.1) is 13.4 Å². The van der Waals surface area contributed by atoms with E-state index in [4.69, 9.17) is 9.84 Å². The number of ether oxygens (including phenoxy) is 1. The molecule has 7 nitrogen and oxygen atoms in total. The van der Waals surface area contributed by atoms with Gasteiger partial charge in [0, 0.05) is 18.8 Å². The van der Waals surface area contributed by atoms with Crippen LogP contribution < -0.4 is 9.64 Å². The van der Waals surface area contributed by atoms with Gasteiger partial charge in [0.15, 0.2) is 11.4 Å². The lowest BCUT2D eigenvalue weighted by Gasteiger charge is -2.17. The van der Waals surface area contributed by atoms with Crippen molar-refractivity contribution in [1.29, 1.82) is 0 Å². The molecule has 0 atom stereocenters. The van der Waals surface area contributed by atoms with Crippen LogP contribution in [0.5, 0.6) is 5.75 Å². The van der Waals surface area contributed by atoms with Crippen LogP contribution in [0.2, 0.25) is 0 Å². The number of rotatable bonds is 4. The van der Waals surface area contributed by atoms with Crippen LogP contribution in [0.25, 0.3) is 0 Å². The van der Waals surface area contributed by atoms with E-state index in [0.29, 0.717) is 11.4 Å². The van der Waals surface area contributed by atoms with Gasteiger partial charge in [0.25, 0.3) is 5.91 Å². The molecule has 7 heteroatoms. The minimum atomic E-state index is -1.23. The molecule has 0 fully saturated rings. The minimum Gasteiger partial charge on any atom is -0.497 e. The van der Waals surface area contributed by atoms with Crippen LogP contribution in [-0.4, -0.2) is 41.1 Å². The van der Waals surface area contributed by atoms with E-state index in [1.54, 1.807) is 24.3 Å². The smallest absolute Gasteiger partial charge is 0.354 e. The Kier molecular flexibility index (Phi) is 3.69. The monoisotopic (exact) mass is 275 g/mol. The third-order valence-corrected chi connectivity index (χ3v) is 2.80. The summed E-state index contributed by atoms with van der Waals surface area (Å²) >= 11 is 0. The number of anilines is 1. The number of nitrogens with zero attached hydrogens (tertiary/aromatic N) is 2. The topological polar surface area (TPSA) is 95.5 Å². The molecule has 0 radical (unpaired) electrons. The zero-order valence-corrected chi connectivity index (χ0v) is 11.0. The number of carboxylic acid groups (broad SMARTS) is 1. The number of nitrogens with one attached hydrogen (secondary N) is 1. The van der Waals surface area contributed by atoms with Crippen molar-refractivity contribution < 1.29 is 19.4 Å². The number of hydrogen-bond acceptors (Lipinski definition) is 4. The van der Waals surface area contributed by atoms with E-state index in [2.05, 4.69) is 9.97 Å². The van der Waals surface area contributed by atoms with Crippen molar-refractivity contribution in [2.75, 3.05) is 19.1 Å². The molecule has 0 aliphatic carbocycles. The molecule has 0 bridgehead atoms. The number of benzene rings is 1. The maximum absolute atomic E-state index is 12.3. The molecule has 1 aromatic carbocycles. The highest BCUT2D eigenvalue weighted by atomic mass is 16.5. The number of aromatic carboxylic acids is 1. The molecule has 1 aromatic heterocycles. The van der Waals surface area contributed by atoms with Gasteiger partial charge in [-0.2, -0.15) is 0 Å². The molecule has 0 saturated carbocycles. The molecular formula is C13H13N3O4. The van der Waals surface area contributed by atoms with Gasteiger partial charge in [-0.1, -0.05) is 6.07 Å². The molecule has 0 aliphatic rings. The largest absolute Gasteiger partial charge is 0.497 e. The quantitative estimate of drug-likeness (QED) is 0.879. The summed E-state index contributed by atoms with van der Waals surface area (Å²) in [6, 6.07) is 6.87. The number of carbonyl (C=O) groups excluding carboxylic acids is 1. The Bertz CT molecular complexity index is 651. The number of aromatic amines is 1. The highest BCUT2D eigenvalue weighted by molar-refractivity contribution is 6.09. The van der Waals surface area contributed by atoms with E-state index in [-0.39, 0.29) is 11.4 Å². The van der Waals surface area contributed by atoms with Crippen LogP contribution in [0.15, 0.2) is 30.6 Å². The van der Waals surface area contributed by atoms with E-state index in [1.807, 2.05) is 0 Å². The summed E-state index contributed by atoms with van der Waals surface area (Å²) in [4.78, 5) is 30.8. The van der Waals surface area contributed by atoms with Gasteiger partial charge in [0.2, 0.25) is 0 Å². The van der Waals surface area contributed by atoms with Gasteiger partial charge in [-0.05, 0) is 12.1 Å². The lowest BCUT2D eigenvalue weighted by molar-refractivity contribution is 0.0686. The third-order valence-electron chi connectivity index (χ3n) is 2.80. The van der Waals surface area contributed by atoms with Crippen molar-refractivity contribution in [2.45, 2.75) is 0 Å². The first kappa shape index (κ1) is 13.6. The fraction of sp³-hybridized carbons (Fsp3) is 0.154. The van der Waals surface area contributed by atoms with Crippen molar-refractivity contribution in [3.05, 3.63) is 42.0 Å². The fourth-order valence-corrected chi connectivity index (χ4v) is 1.71. The summed E-state index contributed by atoms with van der Waals surface area (Å²) in [5.41, 5.74) is 0.209. The first-order chi connectivity index (χ1) is 9.54. The second-order valence-corrected chi connectivity index (χ2v) is 4.00. The Morgan fingerprint density at radius 2 is 2.15 bits per heavy atom. The minimum absolute atomic E-state index is 0.136. The molecule has 1 heterocycles. The van der Waals surface area contributed by atoms with E-state index >= 15 is 0 Å². The number of carbonyl (C=O) groups is 2. The van der Waals surface area contributed by atoms with E-state index in [1.165, 1.54) is 25.4 Å². The second kappa shape index (κ2) is 5.43. The van der Waals surface area contributed by atoms with Gasteiger partial charge in [-0.3, -0.25) is 4.79 Å².